The van der Waals surface area contributed by atoms with Crippen molar-refractivity contribution in [2.24, 2.45) is 0 Å². The Morgan fingerprint density at radius 1 is 1.75 bits per heavy atom. The van der Waals surface area contributed by atoms with Gasteiger partial charge in [0.15, 0.2) is 0 Å². The summed E-state index contributed by atoms with van der Waals surface area (Å²) in [6.07, 6.45) is 4.47. The highest BCUT2D eigenvalue weighted by molar-refractivity contribution is 5.13. The van der Waals surface area contributed by atoms with E-state index >= 15 is 0 Å². The number of aliphatic hydroxyl groups excluding tert-OH is 1. The summed E-state index contributed by atoms with van der Waals surface area (Å²) in [5.74, 6) is 0. The second kappa shape index (κ2) is 4.60. The molecule has 0 saturated heterocycles. The molecule has 0 amide bonds. The first-order valence-corrected chi connectivity index (χ1v) is 2.76. The molecular formula is C7H12O. The predicted octanol–water partition coefficient (Wildman–Crippen LogP) is 1.50. The second-order valence-corrected chi connectivity index (χ2v) is 1.60. The van der Waals surface area contributed by atoms with Crippen molar-refractivity contribution < 1.29 is 5.11 Å². The van der Waals surface area contributed by atoms with E-state index in [0.29, 0.717) is 0 Å². The Labute approximate surface area is 50.3 Å². The average molecular weight is 112 g/mol. The number of hydrogen-bond acceptors (Lipinski definition) is 1. The van der Waals surface area contributed by atoms with Crippen molar-refractivity contribution in [3.05, 3.63) is 24.3 Å². The molecule has 0 radical (unpaired) electrons. The van der Waals surface area contributed by atoms with E-state index in [2.05, 4.69) is 6.58 Å². The van der Waals surface area contributed by atoms with Crippen molar-refractivity contribution in [1.29, 1.82) is 0 Å². The van der Waals surface area contributed by atoms with Crippen LogP contribution < -0.4 is 0 Å². The zero-order valence-corrected chi connectivity index (χ0v) is 5.22. The molecule has 46 valence electrons. The highest BCUT2D eigenvalue weighted by atomic mass is 16.2. The summed E-state index contributed by atoms with van der Waals surface area (Å²) in [4.78, 5) is 0. The maximum absolute atomic E-state index is 8.28. The van der Waals surface area contributed by atoms with Gasteiger partial charge in [-0.05, 0) is 6.42 Å². The van der Waals surface area contributed by atoms with Gasteiger partial charge in [-0.25, -0.2) is 0 Å². The van der Waals surface area contributed by atoms with Crippen molar-refractivity contribution in [3.8, 4) is 0 Å². The van der Waals surface area contributed by atoms with Crippen molar-refractivity contribution in [2.45, 2.75) is 13.3 Å². The molecule has 0 bridgehead atoms. The van der Waals surface area contributed by atoms with Crippen LogP contribution in [0.2, 0.25) is 0 Å². The van der Waals surface area contributed by atoms with Crippen LogP contribution in [0.15, 0.2) is 24.3 Å². The number of rotatable bonds is 3. The maximum Gasteiger partial charge on any atom is 0.0615 e. The van der Waals surface area contributed by atoms with Gasteiger partial charge in [0.05, 0.1) is 6.61 Å². The first-order valence-electron chi connectivity index (χ1n) is 2.76. The smallest absolute Gasteiger partial charge is 0.0615 e. The summed E-state index contributed by atoms with van der Waals surface area (Å²) in [7, 11) is 0. The third-order valence-electron chi connectivity index (χ3n) is 0.913. The normalized spacial score (nSPS) is 10.2. The van der Waals surface area contributed by atoms with Gasteiger partial charge in [-0.2, -0.15) is 0 Å². The van der Waals surface area contributed by atoms with Crippen LogP contribution >= 0.6 is 0 Å². The Kier molecular flexibility index (Phi) is 4.27. The van der Waals surface area contributed by atoms with Gasteiger partial charge < -0.3 is 5.11 Å². The number of hydrogen-bond donors (Lipinski definition) is 1. The van der Waals surface area contributed by atoms with Crippen molar-refractivity contribution in [2.75, 3.05) is 6.61 Å². The highest BCUT2D eigenvalue weighted by Crippen LogP contribution is 1.96. The van der Waals surface area contributed by atoms with Crippen molar-refractivity contribution in [3.63, 3.8) is 0 Å². The molecule has 0 fully saturated rings. The molecule has 0 saturated carbocycles. The zero-order valence-electron chi connectivity index (χ0n) is 5.22. The Morgan fingerprint density at radius 3 is 2.75 bits per heavy atom. The molecule has 0 aromatic heterocycles. The molecular weight excluding hydrogens is 100 g/mol. The molecule has 0 atom stereocenters. The first-order chi connectivity index (χ1) is 3.81. The third kappa shape index (κ3) is 3.62. The van der Waals surface area contributed by atoms with Crippen molar-refractivity contribution >= 4 is 0 Å². The largest absolute Gasteiger partial charge is 0.392 e. The number of allylic oxidation sites excluding steroid dienone is 2. The zero-order chi connectivity index (χ0) is 6.41. The molecule has 1 heteroatoms. The molecule has 8 heavy (non-hydrogen) atoms. The summed E-state index contributed by atoms with van der Waals surface area (Å²) >= 11 is 0. The van der Waals surface area contributed by atoms with Crippen LogP contribution in [0.25, 0.3) is 0 Å². The van der Waals surface area contributed by atoms with Crippen LogP contribution in [-0.4, -0.2) is 11.7 Å². The van der Waals surface area contributed by atoms with Gasteiger partial charge >= 0.3 is 0 Å². The highest BCUT2D eigenvalue weighted by Gasteiger charge is 1.77. The predicted molar refractivity (Wildman–Crippen MR) is 35.7 cm³/mol. The lowest BCUT2D eigenvalue weighted by Gasteiger charge is -1.87. The summed E-state index contributed by atoms with van der Waals surface area (Å²) in [6.45, 7) is 5.85. The molecule has 1 N–H and O–H groups in total. The van der Waals surface area contributed by atoms with E-state index in [0.717, 1.165) is 12.0 Å². The molecule has 0 spiro atoms. The van der Waals surface area contributed by atoms with E-state index in [1.165, 1.54) is 0 Å². The van der Waals surface area contributed by atoms with E-state index in [1.54, 1.807) is 6.08 Å². The van der Waals surface area contributed by atoms with Crippen molar-refractivity contribution in [1.82, 2.24) is 0 Å². The van der Waals surface area contributed by atoms with E-state index in [9.17, 15) is 0 Å². The van der Waals surface area contributed by atoms with Crippen LogP contribution in [0.3, 0.4) is 0 Å². The van der Waals surface area contributed by atoms with Crippen LogP contribution in [0.4, 0.5) is 0 Å². The minimum absolute atomic E-state index is 0.110. The molecule has 1 nitrogen and oxygen atoms in total. The quantitative estimate of drug-likeness (QED) is 0.548. The summed E-state index contributed by atoms with van der Waals surface area (Å²) < 4.78 is 0. The molecule has 0 aliphatic carbocycles. The Balaban J connectivity index is 3.37. The molecule has 0 aliphatic rings. The monoisotopic (exact) mass is 112 g/mol. The summed E-state index contributed by atoms with van der Waals surface area (Å²) in [5.41, 5.74) is 1.05. The maximum atomic E-state index is 8.28. The Morgan fingerprint density at radius 2 is 2.38 bits per heavy atom. The van der Waals surface area contributed by atoms with Crippen LogP contribution in [-0.2, 0) is 0 Å². The molecule has 0 unspecified atom stereocenters. The van der Waals surface area contributed by atoms with Gasteiger partial charge in [0.1, 0.15) is 0 Å². The van der Waals surface area contributed by atoms with E-state index in [1.807, 2.05) is 13.0 Å². The van der Waals surface area contributed by atoms with Crippen LogP contribution in [0, 0.1) is 0 Å². The standard InChI is InChI=1S/C7H12O/c1-3-7(2)5-4-6-8/h4-5,8H,2-3,6H2,1H3/b5-4+. The van der Waals surface area contributed by atoms with Gasteiger partial charge in [-0.15, -0.1) is 0 Å². The fourth-order valence-corrected chi connectivity index (χ4v) is 0.337. The van der Waals surface area contributed by atoms with Crippen LogP contribution in [0.1, 0.15) is 13.3 Å². The van der Waals surface area contributed by atoms with Crippen LogP contribution in [0.5, 0.6) is 0 Å². The lowest BCUT2D eigenvalue weighted by molar-refractivity contribution is 0.342. The summed E-state index contributed by atoms with van der Waals surface area (Å²) in [5, 5.41) is 8.28. The minimum atomic E-state index is 0.110. The van der Waals surface area contributed by atoms with Gasteiger partial charge in [-0.1, -0.05) is 31.2 Å². The van der Waals surface area contributed by atoms with E-state index in [4.69, 9.17) is 5.11 Å². The Hall–Kier alpha value is -0.560. The minimum Gasteiger partial charge on any atom is -0.392 e. The van der Waals surface area contributed by atoms with Gasteiger partial charge in [0.2, 0.25) is 0 Å². The molecule has 0 aliphatic heterocycles. The topological polar surface area (TPSA) is 20.2 Å². The lowest BCUT2D eigenvalue weighted by Crippen LogP contribution is -1.73. The van der Waals surface area contributed by atoms with Gasteiger partial charge in [0, 0.05) is 0 Å². The SMILES string of the molecule is C=C(/C=C/CO)CC. The second-order valence-electron chi connectivity index (χ2n) is 1.60. The fraction of sp³-hybridized carbons (Fsp3) is 0.429. The molecule has 0 aromatic rings. The molecule has 0 rings (SSSR count). The molecule has 0 heterocycles. The van der Waals surface area contributed by atoms with E-state index < -0.39 is 0 Å². The lowest BCUT2D eigenvalue weighted by atomic mass is 10.2. The van der Waals surface area contributed by atoms with Gasteiger partial charge in [0.25, 0.3) is 0 Å². The summed E-state index contributed by atoms with van der Waals surface area (Å²) in [6, 6.07) is 0. The van der Waals surface area contributed by atoms with Gasteiger partial charge in [-0.3, -0.25) is 0 Å². The first kappa shape index (κ1) is 7.44. The molecule has 0 aromatic carbocycles. The Bertz CT molecular complexity index is 92.6. The third-order valence-corrected chi connectivity index (χ3v) is 0.913. The number of aliphatic hydroxyl groups is 1. The average Bonchev–Trinajstić information content (AvgIpc) is 1.83. The fourth-order valence-electron chi connectivity index (χ4n) is 0.337. The van der Waals surface area contributed by atoms with E-state index in [-0.39, 0.29) is 6.61 Å².